The number of rotatable bonds is 1. The summed E-state index contributed by atoms with van der Waals surface area (Å²) in [4.78, 5) is 4.04. The maximum atomic E-state index is 12.6. The standard InChI is InChI=1S/C12H8BrF3N2/c13-9-6-18-11(5-10(9)17)7-2-1-3-8(4-7)12(14,15)16/h1-6H,(H2,17,18). The van der Waals surface area contributed by atoms with E-state index in [1.807, 2.05) is 0 Å². The van der Waals surface area contributed by atoms with E-state index in [2.05, 4.69) is 20.9 Å². The zero-order valence-corrected chi connectivity index (χ0v) is 10.6. The summed E-state index contributed by atoms with van der Waals surface area (Å²) in [5.74, 6) is 0. The molecule has 0 saturated carbocycles. The first-order valence-corrected chi connectivity index (χ1v) is 5.76. The first kappa shape index (κ1) is 12.9. The summed E-state index contributed by atoms with van der Waals surface area (Å²) < 4.78 is 38.3. The summed E-state index contributed by atoms with van der Waals surface area (Å²) in [7, 11) is 0. The maximum absolute atomic E-state index is 12.6. The third kappa shape index (κ3) is 2.64. The maximum Gasteiger partial charge on any atom is 0.416 e. The largest absolute Gasteiger partial charge is 0.416 e. The van der Waals surface area contributed by atoms with E-state index >= 15 is 0 Å². The number of hydrogen-bond acceptors (Lipinski definition) is 2. The number of nitrogen functional groups attached to an aromatic ring is 1. The van der Waals surface area contributed by atoms with Crippen LogP contribution in [-0.2, 0) is 6.18 Å². The monoisotopic (exact) mass is 316 g/mol. The molecule has 0 unspecified atom stereocenters. The predicted molar refractivity (Wildman–Crippen MR) is 66.8 cm³/mol. The zero-order valence-electron chi connectivity index (χ0n) is 9.00. The number of nitrogens with two attached hydrogens (primary N) is 1. The van der Waals surface area contributed by atoms with E-state index in [4.69, 9.17) is 5.73 Å². The van der Waals surface area contributed by atoms with Gasteiger partial charge in [0.15, 0.2) is 0 Å². The molecule has 0 spiro atoms. The molecular weight excluding hydrogens is 309 g/mol. The molecule has 94 valence electrons. The van der Waals surface area contributed by atoms with Crippen molar-refractivity contribution in [1.82, 2.24) is 4.98 Å². The first-order valence-electron chi connectivity index (χ1n) is 4.96. The van der Waals surface area contributed by atoms with Crippen molar-refractivity contribution in [2.75, 3.05) is 5.73 Å². The molecular formula is C12H8BrF3N2. The van der Waals surface area contributed by atoms with Crippen LogP contribution < -0.4 is 5.73 Å². The molecule has 0 aliphatic rings. The highest BCUT2D eigenvalue weighted by Gasteiger charge is 2.30. The van der Waals surface area contributed by atoms with Crippen LogP contribution in [0.1, 0.15) is 5.56 Å². The fourth-order valence-electron chi connectivity index (χ4n) is 1.47. The van der Waals surface area contributed by atoms with Crippen molar-refractivity contribution in [3.63, 3.8) is 0 Å². The number of nitrogens with zero attached hydrogens (tertiary/aromatic N) is 1. The zero-order chi connectivity index (χ0) is 13.3. The van der Waals surface area contributed by atoms with Crippen molar-refractivity contribution in [3.05, 3.63) is 46.6 Å². The van der Waals surface area contributed by atoms with E-state index in [0.717, 1.165) is 12.1 Å². The van der Waals surface area contributed by atoms with Gasteiger partial charge in [-0.25, -0.2) is 0 Å². The quantitative estimate of drug-likeness (QED) is 0.859. The molecule has 2 nitrogen and oxygen atoms in total. The molecule has 2 rings (SSSR count). The third-order valence-electron chi connectivity index (χ3n) is 2.37. The van der Waals surface area contributed by atoms with Crippen LogP contribution in [0.15, 0.2) is 41.0 Å². The number of anilines is 1. The van der Waals surface area contributed by atoms with Gasteiger partial charge in [0.25, 0.3) is 0 Å². The third-order valence-corrected chi connectivity index (χ3v) is 3.03. The van der Waals surface area contributed by atoms with Gasteiger partial charge in [0.05, 0.1) is 15.7 Å². The fourth-order valence-corrected chi connectivity index (χ4v) is 1.68. The van der Waals surface area contributed by atoms with Crippen molar-refractivity contribution in [3.8, 4) is 11.3 Å². The van der Waals surface area contributed by atoms with Crippen LogP contribution in [0, 0.1) is 0 Å². The summed E-state index contributed by atoms with van der Waals surface area (Å²) >= 11 is 3.18. The van der Waals surface area contributed by atoms with Crippen molar-refractivity contribution in [2.45, 2.75) is 6.18 Å². The van der Waals surface area contributed by atoms with Gasteiger partial charge in [-0.05, 0) is 34.1 Å². The minimum absolute atomic E-state index is 0.379. The summed E-state index contributed by atoms with van der Waals surface area (Å²) in [6.07, 6.45) is -2.90. The van der Waals surface area contributed by atoms with Crippen molar-refractivity contribution >= 4 is 21.6 Å². The summed E-state index contributed by atoms with van der Waals surface area (Å²) in [6, 6.07) is 6.50. The lowest BCUT2D eigenvalue weighted by Gasteiger charge is -2.09. The van der Waals surface area contributed by atoms with Gasteiger partial charge in [-0.2, -0.15) is 13.2 Å². The number of benzene rings is 1. The lowest BCUT2D eigenvalue weighted by atomic mass is 10.1. The van der Waals surface area contributed by atoms with E-state index in [1.54, 1.807) is 6.07 Å². The number of halogens is 4. The van der Waals surface area contributed by atoms with Gasteiger partial charge >= 0.3 is 6.18 Å². The van der Waals surface area contributed by atoms with E-state index in [-0.39, 0.29) is 0 Å². The number of aromatic nitrogens is 1. The highest BCUT2D eigenvalue weighted by Crippen LogP contribution is 2.32. The van der Waals surface area contributed by atoms with Gasteiger partial charge < -0.3 is 5.73 Å². The molecule has 1 heterocycles. The second-order valence-corrected chi connectivity index (χ2v) is 4.52. The van der Waals surface area contributed by atoms with Crippen LogP contribution in [0.3, 0.4) is 0 Å². The Morgan fingerprint density at radius 3 is 2.50 bits per heavy atom. The Morgan fingerprint density at radius 2 is 1.89 bits per heavy atom. The Labute approximate surface area is 110 Å². The molecule has 0 bridgehead atoms. The molecule has 6 heteroatoms. The van der Waals surface area contributed by atoms with Gasteiger partial charge in [0.2, 0.25) is 0 Å². The van der Waals surface area contributed by atoms with E-state index < -0.39 is 11.7 Å². The molecule has 18 heavy (non-hydrogen) atoms. The Hall–Kier alpha value is -1.56. The average Bonchev–Trinajstić information content (AvgIpc) is 2.32. The molecule has 1 aromatic heterocycles. The summed E-state index contributed by atoms with van der Waals surface area (Å²) in [5.41, 5.74) is 6.18. The minimum atomic E-state index is -4.36. The molecule has 1 aromatic carbocycles. The SMILES string of the molecule is Nc1cc(-c2cccc(C(F)(F)F)c2)ncc1Br. The van der Waals surface area contributed by atoms with Crippen molar-refractivity contribution in [1.29, 1.82) is 0 Å². The summed E-state index contributed by atoms with van der Waals surface area (Å²) in [6.45, 7) is 0. The Kier molecular flexibility index (Phi) is 3.30. The van der Waals surface area contributed by atoms with Gasteiger partial charge in [-0.1, -0.05) is 12.1 Å². The Morgan fingerprint density at radius 1 is 1.17 bits per heavy atom. The predicted octanol–water partition coefficient (Wildman–Crippen LogP) is 4.11. The average molecular weight is 317 g/mol. The molecule has 0 fully saturated rings. The molecule has 0 aliphatic heterocycles. The highest BCUT2D eigenvalue weighted by atomic mass is 79.9. The van der Waals surface area contributed by atoms with E-state index in [0.29, 0.717) is 21.4 Å². The van der Waals surface area contributed by atoms with Crippen molar-refractivity contribution in [2.24, 2.45) is 0 Å². The Bertz CT molecular complexity index is 582. The second-order valence-electron chi connectivity index (χ2n) is 3.67. The molecule has 0 aliphatic carbocycles. The number of hydrogen-bond donors (Lipinski definition) is 1. The number of alkyl halides is 3. The number of pyridine rings is 1. The van der Waals surface area contributed by atoms with Gasteiger partial charge in [-0.15, -0.1) is 0 Å². The normalized spacial score (nSPS) is 11.6. The van der Waals surface area contributed by atoms with Gasteiger partial charge in [0.1, 0.15) is 0 Å². The van der Waals surface area contributed by atoms with Crippen molar-refractivity contribution < 1.29 is 13.2 Å². The van der Waals surface area contributed by atoms with Crippen LogP contribution in [0.4, 0.5) is 18.9 Å². The first-order chi connectivity index (χ1) is 8.38. The van der Waals surface area contributed by atoms with Crippen LogP contribution in [0.2, 0.25) is 0 Å². The van der Waals surface area contributed by atoms with Crippen LogP contribution in [-0.4, -0.2) is 4.98 Å². The lowest BCUT2D eigenvalue weighted by Crippen LogP contribution is -2.04. The molecule has 0 saturated heterocycles. The summed E-state index contributed by atoms with van der Waals surface area (Å²) in [5, 5.41) is 0. The molecule has 2 N–H and O–H groups in total. The highest BCUT2D eigenvalue weighted by molar-refractivity contribution is 9.10. The van der Waals surface area contributed by atoms with Gasteiger partial charge in [-0.3, -0.25) is 4.98 Å². The topological polar surface area (TPSA) is 38.9 Å². The minimum Gasteiger partial charge on any atom is -0.398 e. The van der Waals surface area contributed by atoms with Crippen LogP contribution in [0.5, 0.6) is 0 Å². The fraction of sp³-hybridized carbons (Fsp3) is 0.0833. The molecule has 0 atom stereocenters. The van der Waals surface area contributed by atoms with Crippen LogP contribution in [0.25, 0.3) is 11.3 Å². The Balaban J connectivity index is 2.48. The van der Waals surface area contributed by atoms with E-state index in [9.17, 15) is 13.2 Å². The smallest absolute Gasteiger partial charge is 0.398 e. The second kappa shape index (κ2) is 4.61. The lowest BCUT2D eigenvalue weighted by molar-refractivity contribution is -0.137. The van der Waals surface area contributed by atoms with Gasteiger partial charge in [0, 0.05) is 17.4 Å². The molecule has 2 aromatic rings. The molecule has 0 radical (unpaired) electrons. The molecule has 0 amide bonds. The van der Waals surface area contributed by atoms with E-state index in [1.165, 1.54) is 18.3 Å². The van der Waals surface area contributed by atoms with Crippen LogP contribution >= 0.6 is 15.9 Å².